The topological polar surface area (TPSA) is 108 Å². The molecule has 0 rings (SSSR count). The molecule has 0 aromatic rings. The third kappa shape index (κ3) is 53.8. The van der Waals surface area contributed by atoms with Gasteiger partial charge in [-0.25, -0.2) is 4.57 Å². The average Bonchev–Trinajstić information content (AvgIpc) is 3.32. The minimum absolute atomic E-state index is 0.0210. The van der Waals surface area contributed by atoms with Gasteiger partial charge in [-0.1, -0.05) is 212 Å². The second-order valence-electron chi connectivity index (χ2n) is 18.9. The molecule has 0 aliphatic rings. The van der Waals surface area contributed by atoms with E-state index in [1.807, 2.05) is 21.1 Å². The first-order valence-electron chi connectivity index (χ1n) is 27.3. The van der Waals surface area contributed by atoms with E-state index < -0.39 is 26.5 Å². The molecule has 0 spiro atoms. The van der Waals surface area contributed by atoms with Gasteiger partial charge in [-0.15, -0.1) is 0 Å². The Bertz CT molecular complexity index is 1590. The number of likely N-dealkylation sites (N-methyl/N-ethyl adjacent to an activating group) is 1. The molecule has 0 amide bonds. The van der Waals surface area contributed by atoms with Crippen LogP contribution in [0.1, 0.15) is 194 Å². The van der Waals surface area contributed by atoms with Crippen molar-refractivity contribution in [2.45, 2.75) is 200 Å². The number of quaternary nitrogens is 1. The lowest BCUT2D eigenvalue weighted by atomic mass is 10.1. The lowest BCUT2D eigenvalue weighted by molar-refractivity contribution is -0.870. The van der Waals surface area contributed by atoms with Crippen LogP contribution in [0.25, 0.3) is 0 Å². The van der Waals surface area contributed by atoms with Crippen LogP contribution in [0.3, 0.4) is 0 Å². The minimum Gasteiger partial charge on any atom is -0.462 e. The molecule has 0 saturated carbocycles. The number of hydrogen-bond donors (Lipinski definition) is 1. The first-order chi connectivity index (χ1) is 34.0. The van der Waals surface area contributed by atoms with Crippen LogP contribution in [0.15, 0.2) is 122 Å². The Morgan fingerprint density at radius 1 is 0.457 bits per heavy atom. The lowest BCUT2D eigenvalue weighted by Gasteiger charge is -2.24. The molecule has 10 heteroatoms. The maximum Gasteiger partial charge on any atom is 0.472 e. The molecular weight excluding hydrogens is 894 g/mol. The molecule has 398 valence electrons. The molecule has 2 unspecified atom stereocenters. The van der Waals surface area contributed by atoms with Crippen molar-refractivity contribution in [2.24, 2.45) is 0 Å². The summed E-state index contributed by atoms with van der Waals surface area (Å²) in [6, 6.07) is 0. The molecular formula is C60H101NO8P+. The van der Waals surface area contributed by atoms with Gasteiger partial charge < -0.3 is 18.9 Å². The van der Waals surface area contributed by atoms with Crippen LogP contribution in [0.5, 0.6) is 0 Å². The number of carbonyl (C=O) groups excluding carboxylic acids is 2. The standard InChI is InChI=1S/C60H100NO8P/c1-6-8-10-12-14-16-18-19-20-21-22-23-24-25-26-27-28-29-30-31-32-33-34-35-36-37-38-39-40-41-43-45-47-49-51-53-60(63)69-58(57-68-70(64,65)67-55-54-61(3,4)5)56-66-59(62)52-50-48-46-44-42-17-15-13-11-9-7-2/h8,10,14,16,19-20,22-23,25-26,28-29,31-32,34-35,37-38,40-41,58H,6-7,9,11-13,15,17-18,21,24,27,30,33,36,39,42-57H2,1-5H3/p+1/b10-8-,16-14-,20-19-,23-22-,26-25-,29-28-,32-31-,35-34-,38-37-,41-40-. The van der Waals surface area contributed by atoms with E-state index >= 15 is 0 Å². The average molecular weight is 995 g/mol. The fourth-order valence-corrected chi connectivity index (χ4v) is 7.55. The van der Waals surface area contributed by atoms with Gasteiger partial charge in [-0.05, 0) is 89.9 Å². The van der Waals surface area contributed by atoms with Crippen LogP contribution in [0.2, 0.25) is 0 Å². The Labute approximate surface area is 428 Å². The zero-order valence-corrected chi connectivity index (χ0v) is 45.8. The van der Waals surface area contributed by atoms with E-state index in [-0.39, 0.29) is 32.0 Å². The Morgan fingerprint density at radius 2 is 0.814 bits per heavy atom. The molecule has 9 nitrogen and oxygen atoms in total. The predicted molar refractivity (Wildman–Crippen MR) is 297 cm³/mol. The van der Waals surface area contributed by atoms with Crippen molar-refractivity contribution >= 4 is 19.8 Å². The van der Waals surface area contributed by atoms with E-state index in [1.54, 1.807) is 0 Å². The van der Waals surface area contributed by atoms with E-state index in [0.717, 1.165) is 109 Å². The molecule has 0 fully saturated rings. The largest absolute Gasteiger partial charge is 0.472 e. The fraction of sp³-hybridized carbons (Fsp3) is 0.633. The van der Waals surface area contributed by atoms with Gasteiger partial charge in [0.2, 0.25) is 0 Å². The Hall–Kier alpha value is -3.59. The van der Waals surface area contributed by atoms with Crippen LogP contribution in [0, 0.1) is 0 Å². The van der Waals surface area contributed by atoms with Crippen molar-refractivity contribution in [2.75, 3.05) is 47.5 Å². The summed E-state index contributed by atoms with van der Waals surface area (Å²) in [4.78, 5) is 35.5. The number of phosphoric ester groups is 1. The molecule has 2 atom stereocenters. The van der Waals surface area contributed by atoms with Crippen molar-refractivity contribution in [1.82, 2.24) is 0 Å². The molecule has 0 aliphatic carbocycles. The van der Waals surface area contributed by atoms with E-state index in [4.69, 9.17) is 18.5 Å². The summed E-state index contributed by atoms with van der Waals surface area (Å²) in [5.41, 5.74) is 0. The number of ether oxygens (including phenoxy) is 2. The normalized spacial score (nSPS) is 14.3. The molecule has 0 aromatic carbocycles. The van der Waals surface area contributed by atoms with Crippen molar-refractivity contribution in [3.63, 3.8) is 0 Å². The summed E-state index contributed by atoms with van der Waals surface area (Å²) in [5, 5.41) is 0. The third-order valence-electron chi connectivity index (χ3n) is 11.0. The molecule has 0 radical (unpaired) electrons. The van der Waals surface area contributed by atoms with Crippen molar-refractivity contribution < 1.29 is 42.1 Å². The van der Waals surface area contributed by atoms with Crippen molar-refractivity contribution in [1.29, 1.82) is 0 Å². The number of unbranched alkanes of at least 4 members (excludes halogenated alkanes) is 14. The van der Waals surface area contributed by atoms with Gasteiger partial charge in [-0.2, -0.15) is 0 Å². The number of phosphoric acid groups is 1. The van der Waals surface area contributed by atoms with Crippen LogP contribution in [-0.2, 0) is 32.7 Å². The first kappa shape index (κ1) is 66.4. The molecule has 0 aromatic heterocycles. The number of allylic oxidation sites excluding steroid dienone is 20. The van der Waals surface area contributed by atoms with Crippen LogP contribution in [0.4, 0.5) is 0 Å². The maximum atomic E-state index is 12.8. The predicted octanol–water partition coefficient (Wildman–Crippen LogP) is 16.8. The Balaban J connectivity index is 4.22. The van der Waals surface area contributed by atoms with Crippen molar-refractivity contribution in [3.8, 4) is 0 Å². The summed E-state index contributed by atoms with van der Waals surface area (Å²) < 4.78 is 34.4. The zero-order valence-electron chi connectivity index (χ0n) is 45.0. The third-order valence-corrected chi connectivity index (χ3v) is 12.0. The number of rotatable bonds is 48. The highest BCUT2D eigenvalue weighted by atomic mass is 31.2. The van der Waals surface area contributed by atoms with E-state index in [9.17, 15) is 19.0 Å². The molecule has 1 N–H and O–H groups in total. The summed E-state index contributed by atoms with van der Waals surface area (Å²) >= 11 is 0. The first-order valence-corrected chi connectivity index (χ1v) is 28.8. The molecule has 0 aliphatic heterocycles. The van der Waals surface area contributed by atoms with Gasteiger partial charge in [0.1, 0.15) is 19.8 Å². The highest BCUT2D eigenvalue weighted by molar-refractivity contribution is 7.47. The second-order valence-corrected chi connectivity index (χ2v) is 20.3. The zero-order chi connectivity index (χ0) is 51.3. The highest BCUT2D eigenvalue weighted by Gasteiger charge is 2.27. The summed E-state index contributed by atoms with van der Waals surface area (Å²) in [6.07, 6.45) is 71.3. The van der Waals surface area contributed by atoms with Gasteiger partial charge in [0, 0.05) is 12.8 Å². The van der Waals surface area contributed by atoms with Crippen LogP contribution < -0.4 is 0 Å². The Morgan fingerprint density at radius 3 is 1.21 bits per heavy atom. The van der Waals surface area contributed by atoms with E-state index in [2.05, 4.69) is 135 Å². The number of esters is 2. The summed E-state index contributed by atoms with van der Waals surface area (Å²) in [5.74, 6) is -0.836. The van der Waals surface area contributed by atoms with Gasteiger partial charge >= 0.3 is 19.8 Å². The number of nitrogens with zero attached hydrogens (tertiary/aromatic N) is 1. The second kappa shape index (κ2) is 50.4. The minimum atomic E-state index is -4.39. The van der Waals surface area contributed by atoms with Crippen molar-refractivity contribution in [3.05, 3.63) is 122 Å². The van der Waals surface area contributed by atoms with Gasteiger partial charge in [0.25, 0.3) is 0 Å². The number of hydrogen-bond acceptors (Lipinski definition) is 7. The SMILES string of the molecule is CC/C=C\C/C=C\C/C=C\C/C=C\C/C=C\C/C=C\C/C=C\C/C=C\C/C=C\C/C=C\CCCCCCC(=O)OC(COC(=O)CCCCCCCCCCCCC)COP(=O)(O)OCC[N+](C)(C)C. The molecule has 0 heterocycles. The fourth-order valence-electron chi connectivity index (χ4n) is 6.81. The Kier molecular flexibility index (Phi) is 47.8. The van der Waals surface area contributed by atoms with Gasteiger partial charge in [0.05, 0.1) is 27.7 Å². The maximum absolute atomic E-state index is 12.8. The molecule has 70 heavy (non-hydrogen) atoms. The van der Waals surface area contributed by atoms with Crippen LogP contribution in [-0.4, -0.2) is 74.9 Å². The van der Waals surface area contributed by atoms with Crippen LogP contribution >= 0.6 is 7.82 Å². The smallest absolute Gasteiger partial charge is 0.462 e. The summed E-state index contributed by atoms with van der Waals surface area (Å²) in [6.45, 7) is 4.25. The molecule has 0 saturated heterocycles. The van der Waals surface area contributed by atoms with E-state index in [1.165, 1.54) is 51.4 Å². The van der Waals surface area contributed by atoms with Gasteiger partial charge in [-0.3, -0.25) is 18.6 Å². The molecule has 0 bridgehead atoms. The highest BCUT2D eigenvalue weighted by Crippen LogP contribution is 2.43. The summed E-state index contributed by atoms with van der Waals surface area (Å²) in [7, 11) is 1.44. The lowest BCUT2D eigenvalue weighted by Crippen LogP contribution is -2.37. The number of carbonyl (C=O) groups is 2. The quantitative estimate of drug-likeness (QED) is 0.0211. The monoisotopic (exact) mass is 995 g/mol. The van der Waals surface area contributed by atoms with Gasteiger partial charge in [0.15, 0.2) is 6.10 Å². The van der Waals surface area contributed by atoms with E-state index in [0.29, 0.717) is 17.4 Å².